The molecular formula is C10H19N3O3. The summed E-state index contributed by atoms with van der Waals surface area (Å²) in [6, 6.07) is -0.851. The van der Waals surface area contributed by atoms with Crippen LogP contribution in [0.4, 0.5) is 0 Å². The average Bonchev–Trinajstić information content (AvgIpc) is 2.53. The molecule has 0 aromatic carbocycles. The Kier molecular flexibility index (Phi) is 5.69. The van der Waals surface area contributed by atoms with Gasteiger partial charge in [-0.25, -0.2) is 4.98 Å². The smallest absolute Gasteiger partial charge is 0.320 e. The minimum Gasteiger partial charge on any atom is -0.480 e. The summed E-state index contributed by atoms with van der Waals surface area (Å²) >= 11 is 0. The van der Waals surface area contributed by atoms with Crippen LogP contribution in [0.3, 0.4) is 0 Å². The van der Waals surface area contributed by atoms with E-state index in [4.69, 9.17) is 15.9 Å². The maximum atomic E-state index is 10.3. The lowest BCUT2D eigenvalue weighted by molar-refractivity contribution is -0.138. The molecule has 0 aliphatic heterocycles. The minimum atomic E-state index is -1.00. The zero-order valence-electron chi connectivity index (χ0n) is 9.77. The third-order valence-electron chi connectivity index (χ3n) is 1.31. The van der Waals surface area contributed by atoms with Crippen LogP contribution >= 0.6 is 0 Å². The number of carbonyl (C=O) groups is 1. The molecule has 5 N–H and O–H groups in total. The van der Waals surface area contributed by atoms with Gasteiger partial charge in [0.05, 0.1) is 11.9 Å². The van der Waals surface area contributed by atoms with Gasteiger partial charge in [-0.2, -0.15) is 0 Å². The molecule has 1 aromatic heterocycles. The Morgan fingerprint density at radius 1 is 1.62 bits per heavy atom. The highest BCUT2D eigenvalue weighted by Crippen LogP contribution is 1.95. The van der Waals surface area contributed by atoms with Crippen LogP contribution in [0.5, 0.6) is 0 Å². The van der Waals surface area contributed by atoms with Crippen LogP contribution in [-0.2, 0) is 11.2 Å². The zero-order valence-corrected chi connectivity index (χ0v) is 9.77. The van der Waals surface area contributed by atoms with Crippen LogP contribution in [0, 0.1) is 0 Å². The highest BCUT2D eigenvalue weighted by molar-refractivity contribution is 5.73. The van der Waals surface area contributed by atoms with E-state index in [1.807, 2.05) is 0 Å². The number of imidazole rings is 1. The van der Waals surface area contributed by atoms with Gasteiger partial charge < -0.3 is 20.9 Å². The normalized spacial score (nSPS) is 12.6. The van der Waals surface area contributed by atoms with Crippen molar-refractivity contribution in [3.05, 3.63) is 18.2 Å². The van der Waals surface area contributed by atoms with Crippen molar-refractivity contribution in [1.82, 2.24) is 9.97 Å². The van der Waals surface area contributed by atoms with E-state index in [-0.39, 0.29) is 6.42 Å². The summed E-state index contributed by atoms with van der Waals surface area (Å²) in [6.45, 7) is 5.23. The van der Waals surface area contributed by atoms with E-state index < -0.39 is 17.6 Å². The van der Waals surface area contributed by atoms with Crippen molar-refractivity contribution < 1.29 is 15.0 Å². The molecule has 1 atom stereocenters. The lowest BCUT2D eigenvalue weighted by Crippen LogP contribution is -2.32. The molecule has 0 aliphatic carbocycles. The van der Waals surface area contributed by atoms with Crippen molar-refractivity contribution in [3.8, 4) is 0 Å². The number of rotatable bonds is 3. The summed E-state index contributed by atoms with van der Waals surface area (Å²) in [7, 11) is 0. The summed E-state index contributed by atoms with van der Waals surface area (Å²) in [5.74, 6) is -1.00. The van der Waals surface area contributed by atoms with E-state index in [2.05, 4.69) is 9.97 Å². The van der Waals surface area contributed by atoms with Crippen LogP contribution in [0.2, 0.25) is 0 Å². The lowest BCUT2D eigenvalue weighted by Gasteiger charge is -2.04. The van der Waals surface area contributed by atoms with Gasteiger partial charge in [-0.15, -0.1) is 0 Å². The number of nitrogens with one attached hydrogen (secondary N) is 1. The quantitative estimate of drug-likeness (QED) is 0.589. The monoisotopic (exact) mass is 229 g/mol. The number of H-pyrrole nitrogens is 1. The van der Waals surface area contributed by atoms with Crippen molar-refractivity contribution in [2.75, 3.05) is 0 Å². The van der Waals surface area contributed by atoms with Crippen LogP contribution in [0.1, 0.15) is 26.5 Å². The zero-order chi connectivity index (χ0) is 12.8. The summed E-state index contributed by atoms with van der Waals surface area (Å²) in [4.78, 5) is 16.8. The second-order valence-corrected chi connectivity index (χ2v) is 4.40. The molecule has 1 aromatic rings. The fraction of sp³-hybridized carbons (Fsp3) is 0.600. The number of aliphatic carboxylic acids is 1. The maximum Gasteiger partial charge on any atom is 0.320 e. The van der Waals surface area contributed by atoms with Gasteiger partial charge in [-0.05, 0) is 20.8 Å². The number of nitrogens with zero attached hydrogens (tertiary/aromatic N) is 1. The Hall–Kier alpha value is -1.40. The molecule has 0 amide bonds. The van der Waals surface area contributed by atoms with Gasteiger partial charge in [-0.3, -0.25) is 4.79 Å². The second kappa shape index (κ2) is 6.24. The van der Waals surface area contributed by atoms with Crippen LogP contribution in [0.25, 0.3) is 0 Å². The van der Waals surface area contributed by atoms with Crippen LogP contribution in [-0.4, -0.2) is 37.8 Å². The number of hydrogen-bond donors (Lipinski definition) is 4. The standard InChI is InChI=1S/C6H9N3O2.C4H10O/c7-5(6(10)11)1-4-2-8-3-9-4;1-4(2,3)5/h2-3,5H,1,7H2,(H,8,9)(H,10,11);5H,1-3H3/t5-;/m0./s1. The first kappa shape index (κ1) is 14.6. The number of aromatic nitrogens is 2. The van der Waals surface area contributed by atoms with E-state index in [9.17, 15) is 4.79 Å². The number of carboxylic acids is 1. The molecule has 0 radical (unpaired) electrons. The van der Waals surface area contributed by atoms with Gasteiger partial charge in [0, 0.05) is 18.3 Å². The maximum absolute atomic E-state index is 10.3. The predicted octanol–water partition coefficient (Wildman–Crippen LogP) is 0.141. The summed E-state index contributed by atoms with van der Waals surface area (Å²) < 4.78 is 0. The molecule has 0 spiro atoms. The number of carboxylic acid groups (broad SMARTS) is 1. The van der Waals surface area contributed by atoms with Crippen LogP contribution in [0.15, 0.2) is 12.5 Å². The molecule has 6 nitrogen and oxygen atoms in total. The summed E-state index contributed by atoms with van der Waals surface area (Å²) in [6.07, 6.45) is 3.34. The Morgan fingerprint density at radius 3 is 2.44 bits per heavy atom. The molecule has 92 valence electrons. The van der Waals surface area contributed by atoms with Crippen molar-refractivity contribution in [2.45, 2.75) is 38.8 Å². The van der Waals surface area contributed by atoms with Crippen molar-refractivity contribution in [2.24, 2.45) is 5.73 Å². The Balaban J connectivity index is 0.000000385. The fourth-order valence-corrected chi connectivity index (χ4v) is 0.721. The number of aromatic amines is 1. The van der Waals surface area contributed by atoms with Crippen molar-refractivity contribution in [3.63, 3.8) is 0 Å². The molecule has 16 heavy (non-hydrogen) atoms. The van der Waals surface area contributed by atoms with Crippen molar-refractivity contribution >= 4 is 5.97 Å². The molecule has 0 saturated carbocycles. The first-order valence-electron chi connectivity index (χ1n) is 4.88. The third-order valence-corrected chi connectivity index (χ3v) is 1.31. The fourth-order valence-electron chi connectivity index (χ4n) is 0.721. The number of aliphatic hydroxyl groups is 1. The van der Waals surface area contributed by atoms with E-state index >= 15 is 0 Å². The Bertz CT molecular complexity index is 298. The van der Waals surface area contributed by atoms with Gasteiger partial charge in [0.15, 0.2) is 0 Å². The largest absolute Gasteiger partial charge is 0.480 e. The average molecular weight is 229 g/mol. The molecule has 0 unspecified atom stereocenters. The van der Waals surface area contributed by atoms with Crippen LogP contribution < -0.4 is 5.73 Å². The first-order valence-corrected chi connectivity index (χ1v) is 4.88. The molecule has 0 saturated heterocycles. The molecule has 0 fully saturated rings. The molecule has 1 rings (SSSR count). The lowest BCUT2D eigenvalue weighted by atomic mass is 10.2. The van der Waals surface area contributed by atoms with E-state index in [1.165, 1.54) is 6.33 Å². The second-order valence-electron chi connectivity index (χ2n) is 4.40. The van der Waals surface area contributed by atoms with Gasteiger partial charge in [0.2, 0.25) is 0 Å². The highest BCUT2D eigenvalue weighted by Gasteiger charge is 2.11. The Labute approximate surface area is 94.5 Å². The van der Waals surface area contributed by atoms with Gasteiger partial charge in [0.25, 0.3) is 0 Å². The third kappa shape index (κ3) is 9.17. The number of hydrogen-bond acceptors (Lipinski definition) is 4. The Morgan fingerprint density at radius 2 is 2.12 bits per heavy atom. The molecule has 6 heteroatoms. The summed E-state index contributed by atoms with van der Waals surface area (Å²) in [5, 5.41) is 16.9. The minimum absolute atomic E-state index is 0.287. The molecule has 0 bridgehead atoms. The molecular weight excluding hydrogens is 210 g/mol. The van der Waals surface area contributed by atoms with Crippen molar-refractivity contribution in [1.29, 1.82) is 0 Å². The summed E-state index contributed by atoms with van der Waals surface area (Å²) in [5.41, 5.74) is 5.50. The predicted molar refractivity (Wildman–Crippen MR) is 59.9 cm³/mol. The number of nitrogens with two attached hydrogens (primary N) is 1. The first-order chi connectivity index (χ1) is 7.20. The topological polar surface area (TPSA) is 112 Å². The molecule has 0 aliphatic rings. The van der Waals surface area contributed by atoms with E-state index in [0.29, 0.717) is 0 Å². The van der Waals surface area contributed by atoms with E-state index in [0.717, 1.165) is 5.69 Å². The van der Waals surface area contributed by atoms with Gasteiger partial charge in [0.1, 0.15) is 6.04 Å². The SMILES string of the molecule is CC(C)(C)O.N[C@@H](Cc1cnc[nH]1)C(=O)O. The van der Waals surface area contributed by atoms with Gasteiger partial charge in [-0.1, -0.05) is 0 Å². The molecule has 1 heterocycles. The van der Waals surface area contributed by atoms with E-state index in [1.54, 1.807) is 27.0 Å². The highest BCUT2D eigenvalue weighted by atomic mass is 16.4. The van der Waals surface area contributed by atoms with Gasteiger partial charge >= 0.3 is 5.97 Å².